The van der Waals surface area contributed by atoms with Crippen molar-refractivity contribution in [3.63, 3.8) is 0 Å². The second kappa shape index (κ2) is 9.84. The van der Waals surface area contributed by atoms with E-state index in [1.54, 1.807) is 0 Å². The maximum absolute atomic E-state index is 3.93. The highest BCUT2D eigenvalue weighted by Gasteiger charge is 2.25. The predicted molar refractivity (Wildman–Crippen MR) is 163 cm³/mol. The lowest BCUT2D eigenvalue weighted by molar-refractivity contribution is 1.38. The van der Waals surface area contributed by atoms with Crippen LogP contribution >= 0.6 is 15.9 Å². The molecule has 178 valence electrons. The fourth-order valence-electron chi connectivity index (χ4n) is 5.57. The molecule has 0 aromatic heterocycles. The molecule has 6 aromatic rings. The molecule has 0 spiro atoms. The summed E-state index contributed by atoms with van der Waals surface area (Å²) in [4.78, 5) is 0. The number of aryl methyl sites for hydroxylation is 2. The Balaban J connectivity index is 1.96. The second-order valence-electron chi connectivity index (χ2n) is 9.52. The number of benzene rings is 6. The minimum absolute atomic E-state index is 1.17. The SMILES string of the molecule is Cc1cc2c(-c3ccccc3)c(-c3ccccc3)c(-c3ccccc3)c(-c3ccccc3)c2c(C)c1Br. The van der Waals surface area contributed by atoms with Crippen LogP contribution in [0, 0.1) is 13.8 Å². The van der Waals surface area contributed by atoms with Crippen molar-refractivity contribution in [3.05, 3.63) is 143 Å². The fraction of sp³-hybridized carbons (Fsp3) is 0.0556. The molecule has 0 aliphatic heterocycles. The number of rotatable bonds is 4. The molecular formula is C36H27Br. The summed E-state index contributed by atoms with van der Waals surface area (Å²) < 4.78 is 1.17. The van der Waals surface area contributed by atoms with E-state index in [4.69, 9.17) is 0 Å². The summed E-state index contributed by atoms with van der Waals surface area (Å²) in [6.45, 7) is 4.44. The van der Waals surface area contributed by atoms with Crippen LogP contribution in [-0.2, 0) is 0 Å². The van der Waals surface area contributed by atoms with Gasteiger partial charge in [0.15, 0.2) is 0 Å². The largest absolute Gasteiger partial charge is 0.0622 e. The summed E-state index contributed by atoms with van der Waals surface area (Å²) in [5, 5.41) is 2.57. The molecule has 0 nitrogen and oxygen atoms in total. The van der Waals surface area contributed by atoms with E-state index in [1.165, 1.54) is 70.9 Å². The first-order valence-electron chi connectivity index (χ1n) is 12.7. The van der Waals surface area contributed by atoms with Gasteiger partial charge < -0.3 is 0 Å². The summed E-state index contributed by atoms with van der Waals surface area (Å²) in [6, 6.07) is 45.8. The van der Waals surface area contributed by atoms with E-state index >= 15 is 0 Å². The van der Waals surface area contributed by atoms with Crippen LogP contribution in [0.1, 0.15) is 11.1 Å². The molecule has 6 aromatic carbocycles. The molecule has 0 radical (unpaired) electrons. The Kier molecular flexibility index (Phi) is 6.24. The fourth-order valence-corrected chi connectivity index (χ4v) is 5.89. The van der Waals surface area contributed by atoms with Crippen LogP contribution in [0.3, 0.4) is 0 Å². The Labute approximate surface area is 227 Å². The molecule has 37 heavy (non-hydrogen) atoms. The highest BCUT2D eigenvalue weighted by molar-refractivity contribution is 9.10. The van der Waals surface area contributed by atoms with E-state index in [0.717, 1.165) is 0 Å². The first kappa shape index (κ1) is 23.5. The molecule has 0 bridgehead atoms. The minimum atomic E-state index is 1.17. The van der Waals surface area contributed by atoms with E-state index in [9.17, 15) is 0 Å². The van der Waals surface area contributed by atoms with Gasteiger partial charge in [-0.2, -0.15) is 0 Å². The average Bonchev–Trinajstić information content (AvgIpc) is 2.96. The van der Waals surface area contributed by atoms with Gasteiger partial charge in [-0.3, -0.25) is 0 Å². The van der Waals surface area contributed by atoms with E-state index < -0.39 is 0 Å². The Hall–Kier alpha value is -3.94. The molecule has 0 N–H and O–H groups in total. The molecule has 0 fully saturated rings. The maximum Gasteiger partial charge on any atom is 0.0240 e. The van der Waals surface area contributed by atoms with Gasteiger partial charge in [0.25, 0.3) is 0 Å². The predicted octanol–water partition coefficient (Wildman–Crippen LogP) is 10.9. The number of hydrogen-bond donors (Lipinski definition) is 0. The van der Waals surface area contributed by atoms with Crippen molar-refractivity contribution in [1.82, 2.24) is 0 Å². The highest BCUT2D eigenvalue weighted by atomic mass is 79.9. The smallest absolute Gasteiger partial charge is 0.0240 e. The van der Waals surface area contributed by atoms with Crippen LogP contribution in [0.2, 0.25) is 0 Å². The molecule has 0 aliphatic carbocycles. The highest BCUT2D eigenvalue weighted by Crippen LogP contribution is 2.52. The lowest BCUT2D eigenvalue weighted by atomic mass is 9.77. The Bertz CT molecular complexity index is 1700. The third-order valence-corrected chi connectivity index (χ3v) is 8.42. The monoisotopic (exact) mass is 538 g/mol. The molecule has 1 heteroatoms. The molecule has 0 atom stereocenters. The Morgan fingerprint density at radius 1 is 0.432 bits per heavy atom. The quantitative estimate of drug-likeness (QED) is 0.209. The van der Waals surface area contributed by atoms with Gasteiger partial charge in [0.05, 0.1) is 0 Å². The molecule has 0 saturated heterocycles. The zero-order valence-electron chi connectivity index (χ0n) is 21.0. The van der Waals surface area contributed by atoms with Gasteiger partial charge in [0, 0.05) is 4.47 Å². The average molecular weight is 540 g/mol. The van der Waals surface area contributed by atoms with Crippen LogP contribution in [0.4, 0.5) is 0 Å². The van der Waals surface area contributed by atoms with Gasteiger partial charge in [-0.15, -0.1) is 0 Å². The summed E-state index contributed by atoms with van der Waals surface area (Å²) in [5.41, 5.74) is 12.5. The van der Waals surface area contributed by atoms with Crippen LogP contribution in [0.5, 0.6) is 0 Å². The molecule has 0 heterocycles. The summed E-state index contributed by atoms with van der Waals surface area (Å²) >= 11 is 3.93. The Morgan fingerprint density at radius 3 is 1.22 bits per heavy atom. The maximum atomic E-state index is 3.93. The molecule has 0 unspecified atom stereocenters. The van der Waals surface area contributed by atoms with Gasteiger partial charge in [0.1, 0.15) is 0 Å². The standard InChI is InChI=1S/C36H27Br/c1-24-23-30-31(25(2)36(24)37)33(27-17-9-4-10-18-27)35(29-21-13-6-14-22-29)34(28-19-11-5-12-20-28)32(30)26-15-7-3-8-16-26/h3-23H,1-2H3. The van der Waals surface area contributed by atoms with Crippen molar-refractivity contribution in [2.45, 2.75) is 13.8 Å². The van der Waals surface area contributed by atoms with Crippen LogP contribution in [-0.4, -0.2) is 0 Å². The van der Waals surface area contributed by atoms with Gasteiger partial charge in [0.2, 0.25) is 0 Å². The lowest BCUT2D eigenvalue weighted by Crippen LogP contribution is -1.99. The first-order valence-corrected chi connectivity index (χ1v) is 13.5. The van der Waals surface area contributed by atoms with Gasteiger partial charge >= 0.3 is 0 Å². The minimum Gasteiger partial charge on any atom is -0.0622 e. The molecule has 0 saturated carbocycles. The zero-order chi connectivity index (χ0) is 25.4. The van der Waals surface area contributed by atoms with Gasteiger partial charge in [-0.25, -0.2) is 0 Å². The normalized spacial score (nSPS) is 11.1. The number of halogens is 1. The topological polar surface area (TPSA) is 0 Å². The summed E-state index contributed by atoms with van der Waals surface area (Å²) in [6.07, 6.45) is 0. The van der Waals surface area contributed by atoms with E-state index in [0.29, 0.717) is 0 Å². The summed E-state index contributed by atoms with van der Waals surface area (Å²) in [5.74, 6) is 0. The third-order valence-electron chi connectivity index (χ3n) is 7.20. The molecule has 0 aliphatic rings. The first-order chi connectivity index (χ1) is 18.1. The van der Waals surface area contributed by atoms with Crippen LogP contribution < -0.4 is 0 Å². The van der Waals surface area contributed by atoms with E-state index in [1.807, 2.05) is 0 Å². The number of fused-ring (bicyclic) bond motifs is 1. The van der Waals surface area contributed by atoms with Crippen LogP contribution in [0.15, 0.2) is 132 Å². The van der Waals surface area contributed by atoms with Gasteiger partial charge in [-0.1, -0.05) is 137 Å². The van der Waals surface area contributed by atoms with Crippen molar-refractivity contribution >= 4 is 26.7 Å². The van der Waals surface area contributed by atoms with Crippen LogP contribution in [0.25, 0.3) is 55.3 Å². The Morgan fingerprint density at radius 2 is 0.784 bits per heavy atom. The van der Waals surface area contributed by atoms with Crippen molar-refractivity contribution in [2.75, 3.05) is 0 Å². The second-order valence-corrected chi connectivity index (χ2v) is 10.3. The van der Waals surface area contributed by atoms with E-state index in [-0.39, 0.29) is 0 Å². The lowest BCUT2D eigenvalue weighted by Gasteiger charge is -2.26. The van der Waals surface area contributed by atoms with Crippen molar-refractivity contribution in [2.24, 2.45) is 0 Å². The summed E-state index contributed by atoms with van der Waals surface area (Å²) in [7, 11) is 0. The number of hydrogen-bond acceptors (Lipinski definition) is 0. The molecular weight excluding hydrogens is 512 g/mol. The van der Waals surface area contributed by atoms with Crippen molar-refractivity contribution < 1.29 is 0 Å². The van der Waals surface area contributed by atoms with E-state index in [2.05, 4.69) is 157 Å². The zero-order valence-corrected chi connectivity index (χ0v) is 22.6. The van der Waals surface area contributed by atoms with Crippen molar-refractivity contribution in [3.8, 4) is 44.5 Å². The third kappa shape index (κ3) is 4.10. The molecule has 0 amide bonds. The molecule has 6 rings (SSSR count). The van der Waals surface area contributed by atoms with Crippen molar-refractivity contribution in [1.29, 1.82) is 0 Å². The van der Waals surface area contributed by atoms with Gasteiger partial charge in [-0.05, 0) is 86.3 Å².